The molecule has 0 aliphatic heterocycles. The van der Waals surface area contributed by atoms with Crippen LogP contribution in [0.5, 0.6) is 0 Å². The highest BCUT2D eigenvalue weighted by Gasteiger charge is 2.45. The van der Waals surface area contributed by atoms with Crippen LogP contribution in [-0.4, -0.2) is 38.1 Å². The van der Waals surface area contributed by atoms with E-state index in [-0.39, 0.29) is 28.9 Å². The molecule has 120 valence electrons. The van der Waals surface area contributed by atoms with Crippen molar-refractivity contribution < 1.29 is 15.0 Å². The van der Waals surface area contributed by atoms with E-state index < -0.39 is 15.4 Å². The first-order chi connectivity index (χ1) is 10.4. The number of hydrogen-bond donors (Lipinski definition) is 2. The predicted octanol–water partition coefficient (Wildman–Crippen LogP) is 2.56. The maximum Gasteiger partial charge on any atom is 0.299 e. The Kier molecular flexibility index (Phi) is 4.87. The summed E-state index contributed by atoms with van der Waals surface area (Å²) in [5.41, 5.74) is -1.41. The fourth-order valence-electron chi connectivity index (χ4n) is 2.42. The molecule has 0 aromatic heterocycles. The fourth-order valence-corrected chi connectivity index (χ4v) is 3.62. The van der Waals surface area contributed by atoms with Gasteiger partial charge >= 0.3 is 0 Å². The Bertz CT molecular complexity index is 597. The molecule has 22 heavy (non-hydrogen) atoms. The summed E-state index contributed by atoms with van der Waals surface area (Å²) in [5.74, 6) is 0.894. The molecular formula is C13H17N3O5S. The molecule has 1 aliphatic carbocycles. The van der Waals surface area contributed by atoms with Crippen LogP contribution in [0.1, 0.15) is 19.8 Å². The summed E-state index contributed by atoms with van der Waals surface area (Å²) in [6.07, 6.45) is 1.55. The van der Waals surface area contributed by atoms with E-state index in [0.29, 0.717) is 6.42 Å². The van der Waals surface area contributed by atoms with E-state index in [4.69, 9.17) is 0 Å². The number of anilines is 1. The van der Waals surface area contributed by atoms with E-state index in [9.17, 15) is 25.3 Å². The summed E-state index contributed by atoms with van der Waals surface area (Å²) in [6.45, 7) is 2.20. The van der Waals surface area contributed by atoms with Gasteiger partial charge in [0, 0.05) is 17.9 Å². The van der Waals surface area contributed by atoms with Crippen molar-refractivity contribution in [1.82, 2.24) is 0 Å². The van der Waals surface area contributed by atoms with Crippen molar-refractivity contribution >= 4 is 28.8 Å². The third kappa shape index (κ3) is 3.30. The van der Waals surface area contributed by atoms with Gasteiger partial charge < -0.3 is 10.4 Å². The van der Waals surface area contributed by atoms with Gasteiger partial charge in [-0.25, -0.2) is 0 Å². The lowest BCUT2D eigenvalue weighted by atomic mass is 9.79. The maximum absolute atomic E-state index is 11.0. The van der Waals surface area contributed by atoms with Crippen LogP contribution in [0.4, 0.5) is 17.1 Å². The second kappa shape index (κ2) is 6.49. The zero-order chi connectivity index (χ0) is 16.3. The van der Waals surface area contributed by atoms with Gasteiger partial charge in [0.15, 0.2) is 0 Å². The highest BCUT2D eigenvalue weighted by atomic mass is 32.2. The molecule has 0 spiro atoms. The molecule has 1 aromatic rings. The summed E-state index contributed by atoms with van der Waals surface area (Å²) >= 11 is 1.66. The fraction of sp³-hybridized carbons (Fsp3) is 0.538. The Labute approximate surface area is 131 Å². The number of benzene rings is 1. The van der Waals surface area contributed by atoms with Crippen molar-refractivity contribution in [1.29, 1.82) is 0 Å². The molecule has 8 nitrogen and oxygen atoms in total. The number of nitrogens with one attached hydrogen (secondary N) is 1. The SMILES string of the molecule is CCSC1CCC1(O)CNc1ccc([N+](=O)[O-])cc1[N+](=O)[O-]. The Balaban J connectivity index is 2.13. The molecule has 2 atom stereocenters. The van der Waals surface area contributed by atoms with Crippen molar-refractivity contribution in [2.45, 2.75) is 30.6 Å². The standard InChI is InChI=1S/C13H17N3O5S/c1-2-22-12-5-6-13(12,17)8-14-10-4-3-9(15(18)19)7-11(10)16(20)21/h3-4,7,12,14,17H,2,5-6,8H2,1H3. The molecule has 0 bridgehead atoms. The molecule has 9 heteroatoms. The van der Waals surface area contributed by atoms with E-state index in [0.717, 1.165) is 18.2 Å². The first kappa shape index (κ1) is 16.5. The summed E-state index contributed by atoms with van der Waals surface area (Å²) in [4.78, 5) is 20.4. The smallest absolute Gasteiger partial charge is 0.299 e. The largest absolute Gasteiger partial charge is 0.387 e. The average Bonchev–Trinajstić information content (AvgIpc) is 2.48. The summed E-state index contributed by atoms with van der Waals surface area (Å²) in [5, 5.41) is 35.2. The Morgan fingerprint density at radius 2 is 2.14 bits per heavy atom. The van der Waals surface area contributed by atoms with Gasteiger partial charge in [-0.1, -0.05) is 6.92 Å². The molecule has 2 N–H and O–H groups in total. The highest BCUT2D eigenvalue weighted by molar-refractivity contribution is 8.00. The first-order valence-corrected chi connectivity index (χ1v) is 7.93. The number of nitrogens with zero attached hydrogens (tertiary/aromatic N) is 2. The van der Waals surface area contributed by atoms with Crippen LogP contribution >= 0.6 is 11.8 Å². The van der Waals surface area contributed by atoms with E-state index in [1.54, 1.807) is 11.8 Å². The number of non-ortho nitro benzene ring substituents is 1. The normalized spacial score (nSPS) is 23.6. The second-order valence-corrected chi connectivity index (χ2v) is 6.64. The topological polar surface area (TPSA) is 119 Å². The molecule has 1 aliphatic rings. The van der Waals surface area contributed by atoms with Crippen molar-refractivity contribution in [2.24, 2.45) is 0 Å². The number of rotatable bonds is 7. The third-order valence-electron chi connectivity index (χ3n) is 3.78. The number of nitro benzene ring substituents is 2. The van der Waals surface area contributed by atoms with Gasteiger partial charge in [0.25, 0.3) is 11.4 Å². The van der Waals surface area contributed by atoms with Gasteiger partial charge in [0.1, 0.15) is 5.69 Å². The highest BCUT2D eigenvalue weighted by Crippen LogP contribution is 2.41. The van der Waals surface area contributed by atoms with E-state index in [2.05, 4.69) is 5.32 Å². The molecule has 1 aromatic carbocycles. The van der Waals surface area contributed by atoms with Crippen LogP contribution in [0.3, 0.4) is 0 Å². The first-order valence-electron chi connectivity index (χ1n) is 6.88. The Morgan fingerprint density at radius 1 is 1.41 bits per heavy atom. The van der Waals surface area contributed by atoms with E-state index in [1.165, 1.54) is 12.1 Å². The van der Waals surface area contributed by atoms with E-state index in [1.807, 2.05) is 6.92 Å². The van der Waals surface area contributed by atoms with Gasteiger partial charge in [-0.3, -0.25) is 20.2 Å². The van der Waals surface area contributed by atoms with Crippen molar-refractivity contribution in [3.8, 4) is 0 Å². The van der Waals surface area contributed by atoms with Crippen LogP contribution < -0.4 is 5.32 Å². The van der Waals surface area contributed by atoms with Crippen molar-refractivity contribution in [3.05, 3.63) is 38.4 Å². The van der Waals surface area contributed by atoms with E-state index >= 15 is 0 Å². The van der Waals surface area contributed by atoms with Crippen molar-refractivity contribution in [3.63, 3.8) is 0 Å². The van der Waals surface area contributed by atoms with Gasteiger partial charge in [0.05, 0.1) is 21.5 Å². The molecule has 2 unspecified atom stereocenters. The monoisotopic (exact) mass is 327 g/mol. The average molecular weight is 327 g/mol. The second-order valence-electron chi connectivity index (χ2n) is 5.16. The third-order valence-corrected chi connectivity index (χ3v) is 5.19. The zero-order valence-electron chi connectivity index (χ0n) is 12.0. The van der Waals surface area contributed by atoms with Crippen LogP contribution in [0, 0.1) is 20.2 Å². The molecule has 0 amide bonds. The summed E-state index contributed by atoms with van der Waals surface area (Å²) in [6, 6.07) is 3.43. The van der Waals surface area contributed by atoms with Crippen LogP contribution in [-0.2, 0) is 0 Å². The van der Waals surface area contributed by atoms with Gasteiger partial charge in [-0.15, -0.1) is 0 Å². The molecule has 0 saturated heterocycles. The molecule has 2 rings (SSSR count). The quantitative estimate of drug-likeness (QED) is 0.583. The van der Waals surface area contributed by atoms with Crippen LogP contribution in [0.25, 0.3) is 0 Å². The summed E-state index contributed by atoms with van der Waals surface area (Å²) in [7, 11) is 0. The van der Waals surface area contributed by atoms with Gasteiger partial charge in [0.2, 0.25) is 0 Å². The minimum atomic E-state index is -0.893. The lowest BCUT2D eigenvalue weighted by Crippen LogP contribution is -2.54. The lowest BCUT2D eigenvalue weighted by Gasteiger charge is -2.45. The van der Waals surface area contributed by atoms with Crippen LogP contribution in [0.15, 0.2) is 18.2 Å². The van der Waals surface area contributed by atoms with Crippen molar-refractivity contribution in [2.75, 3.05) is 17.6 Å². The zero-order valence-corrected chi connectivity index (χ0v) is 12.8. The number of aliphatic hydroxyl groups is 1. The molecular weight excluding hydrogens is 310 g/mol. The molecule has 1 saturated carbocycles. The molecule has 0 heterocycles. The number of hydrogen-bond acceptors (Lipinski definition) is 7. The number of nitro groups is 2. The minimum absolute atomic E-state index is 0.113. The predicted molar refractivity (Wildman–Crippen MR) is 84.3 cm³/mol. The van der Waals surface area contributed by atoms with Gasteiger partial charge in [-0.05, 0) is 24.7 Å². The number of thioether (sulfide) groups is 1. The minimum Gasteiger partial charge on any atom is -0.387 e. The molecule has 1 fully saturated rings. The maximum atomic E-state index is 11.0. The van der Waals surface area contributed by atoms with Gasteiger partial charge in [-0.2, -0.15) is 11.8 Å². The Morgan fingerprint density at radius 3 is 2.64 bits per heavy atom. The van der Waals surface area contributed by atoms with Crippen LogP contribution in [0.2, 0.25) is 0 Å². The lowest BCUT2D eigenvalue weighted by molar-refractivity contribution is -0.393. The Hall–Kier alpha value is -1.87. The molecule has 0 radical (unpaired) electrons. The summed E-state index contributed by atoms with van der Waals surface area (Å²) < 4.78 is 0.